The summed E-state index contributed by atoms with van der Waals surface area (Å²) in [5, 5.41) is 1.64. The third-order valence-electron chi connectivity index (χ3n) is 2.66. The molecule has 23 heavy (non-hydrogen) atoms. The Balaban J connectivity index is 2.10. The SMILES string of the molecule is O=C(CSc1ccc(F)cc1)Nc1c(F)c(F)c(F)c(F)c1F. The van der Waals surface area contributed by atoms with Gasteiger partial charge in [0.05, 0.1) is 5.75 Å². The molecule has 2 rings (SSSR count). The molecular weight excluding hydrogens is 344 g/mol. The van der Waals surface area contributed by atoms with Gasteiger partial charge < -0.3 is 5.32 Å². The first-order chi connectivity index (χ1) is 10.8. The Morgan fingerprint density at radius 3 is 1.83 bits per heavy atom. The van der Waals surface area contributed by atoms with Crippen LogP contribution in [0.4, 0.5) is 32.0 Å². The van der Waals surface area contributed by atoms with E-state index < -0.39 is 46.5 Å². The number of carbonyl (C=O) groups excluding carboxylic acids is 1. The second-order valence-corrected chi connectivity index (χ2v) is 5.28. The van der Waals surface area contributed by atoms with Gasteiger partial charge in [-0.1, -0.05) is 0 Å². The van der Waals surface area contributed by atoms with Crippen LogP contribution in [0.25, 0.3) is 0 Å². The number of anilines is 1. The van der Waals surface area contributed by atoms with Crippen molar-refractivity contribution in [3.63, 3.8) is 0 Å². The Kier molecular flexibility index (Phi) is 5.19. The molecule has 0 unspecified atom stereocenters. The number of thioether (sulfide) groups is 1. The van der Waals surface area contributed by atoms with Crippen LogP contribution in [0.2, 0.25) is 0 Å². The van der Waals surface area contributed by atoms with Crippen molar-refractivity contribution in [2.75, 3.05) is 11.1 Å². The van der Waals surface area contributed by atoms with Crippen molar-refractivity contribution in [1.29, 1.82) is 0 Å². The number of hydrogen-bond donors (Lipinski definition) is 1. The lowest BCUT2D eigenvalue weighted by atomic mass is 10.2. The summed E-state index contributed by atoms with van der Waals surface area (Å²) in [5.74, 6) is -12.7. The van der Waals surface area contributed by atoms with Crippen LogP contribution in [0.5, 0.6) is 0 Å². The van der Waals surface area contributed by atoms with Gasteiger partial charge in [0.25, 0.3) is 0 Å². The van der Waals surface area contributed by atoms with E-state index in [1.165, 1.54) is 12.1 Å². The molecule has 9 heteroatoms. The fraction of sp³-hybridized carbons (Fsp3) is 0.0714. The van der Waals surface area contributed by atoms with Gasteiger partial charge in [0.15, 0.2) is 23.3 Å². The average Bonchev–Trinajstić information content (AvgIpc) is 2.54. The third-order valence-corrected chi connectivity index (χ3v) is 3.67. The molecule has 0 atom stereocenters. The van der Waals surface area contributed by atoms with E-state index in [9.17, 15) is 31.1 Å². The molecule has 0 saturated carbocycles. The molecule has 2 nitrogen and oxygen atoms in total. The molecular formula is C14H7F6NOS. The fourth-order valence-electron chi connectivity index (χ4n) is 1.57. The largest absolute Gasteiger partial charge is 0.320 e. The van der Waals surface area contributed by atoms with Gasteiger partial charge in [-0.2, -0.15) is 0 Å². The van der Waals surface area contributed by atoms with Crippen molar-refractivity contribution in [1.82, 2.24) is 0 Å². The highest BCUT2D eigenvalue weighted by atomic mass is 32.2. The van der Waals surface area contributed by atoms with E-state index in [1.807, 2.05) is 0 Å². The molecule has 0 spiro atoms. The molecule has 0 radical (unpaired) electrons. The summed E-state index contributed by atoms with van der Waals surface area (Å²) < 4.78 is 78.3. The summed E-state index contributed by atoms with van der Waals surface area (Å²) in [6, 6.07) is 5.02. The summed E-state index contributed by atoms with van der Waals surface area (Å²) in [7, 11) is 0. The van der Waals surface area contributed by atoms with Gasteiger partial charge >= 0.3 is 0 Å². The summed E-state index contributed by atoms with van der Waals surface area (Å²) >= 11 is 0.895. The summed E-state index contributed by atoms with van der Waals surface area (Å²) in [6.45, 7) is 0. The number of amides is 1. The van der Waals surface area contributed by atoms with Gasteiger partial charge in [-0.15, -0.1) is 11.8 Å². The van der Waals surface area contributed by atoms with Gasteiger partial charge in [0.1, 0.15) is 11.5 Å². The molecule has 1 amide bonds. The minimum Gasteiger partial charge on any atom is -0.320 e. The van der Waals surface area contributed by atoms with Gasteiger partial charge in [0, 0.05) is 4.90 Å². The molecule has 0 fully saturated rings. The number of halogens is 6. The van der Waals surface area contributed by atoms with Crippen LogP contribution in [0.1, 0.15) is 0 Å². The van der Waals surface area contributed by atoms with E-state index >= 15 is 0 Å². The maximum absolute atomic E-state index is 13.4. The van der Waals surface area contributed by atoms with Crippen molar-refractivity contribution in [2.45, 2.75) is 4.90 Å². The van der Waals surface area contributed by atoms with Gasteiger partial charge in [-0.05, 0) is 24.3 Å². The summed E-state index contributed by atoms with van der Waals surface area (Å²) in [4.78, 5) is 12.1. The van der Waals surface area contributed by atoms with Crippen LogP contribution in [-0.4, -0.2) is 11.7 Å². The molecule has 0 aliphatic heterocycles. The zero-order chi connectivity index (χ0) is 17.1. The Labute approximate surface area is 130 Å². The molecule has 0 aliphatic carbocycles. The number of benzene rings is 2. The minimum absolute atomic E-state index is 0.370. The van der Waals surface area contributed by atoms with E-state index in [0.29, 0.717) is 4.90 Å². The zero-order valence-corrected chi connectivity index (χ0v) is 11.9. The average molecular weight is 351 g/mol. The predicted molar refractivity (Wildman–Crippen MR) is 72.0 cm³/mol. The second kappa shape index (κ2) is 6.95. The smallest absolute Gasteiger partial charge is 0.234 e. The monoisotopic (exact) mass is 351 g/mol. The molecule has 0 aromatic heterocycles. The highest BCUT2D eigenvalue weighted by molar-refractivity contribution is 8.00. The Bertz CT molecular complexity index is 721. The normalized spacial score (nSPS) is 10.7. The molecule has 0 saturated heterocycles. The second-order valence-electron chi connectivity index (χ2n) is 4.24. The summed E-state index contributed by atoms with van der Waals surface area (Å²) in [5.41, 5.74) is -1.41. The standard InChI is InChI=1S/C14H7F6NOS/c15-6-1-3-7(4-2-6)23-5-8(22)21-14-12(19)10(17)9(16)11(18)13(14)20/h1-4H,5H2,(H,21,22). The number of hydrogen-bond acceptors (Lipinski definition) is 2. The molecule has 2 aromatic rings. The van der Waals surface area contributed by atoms with Crippen molar-refractivity contribution >= 4 is 23.4 Å². The van der Waals surface area contributed by atoms with Gasteiger partial charge in [-0.25, -0.2) is 26.3 Å². The fourth-order valence-corrected chi connectivity index (χ4v) is 2.27. The highest BCUT2D eigenvalue weighted by Gasteiger charge is 2.26. The maximum Gasteiger partial charge on any atom is 0.234 e. The Hall–Kier alpha value is -2.16. The van der Waals surface area contributed by atoms with Gasteiger partial charge in [0.2, 0.25) is 11.7 Å². The van der Waals surface area contributed by atoms with Crippen molar-refractivity contribution in [3.05, 3.63) is 59.2 Å². The minimum atomic E-state index is -2.31. The lowest BCUT2D eigenvalue weighted by Crippen LogP contribution is -2.18. The molecule has 2 aromatic carbocycles. The van der Waals surface area contributed by atoms with Crippen molar-refractivity contribution in [3.8, 4) is 0 Å². The molecule has 0 aliphatic rings. The zero-order valence-electron chi connectivity index (χ0n) is 11.1. The van der Waals surface area contributed by atoms with Crippen LogP contribution in [0.15, 0.2) is 29.2 Å². The van der Waals surface area contributed by atoms with Crippen LogP contribution < -0.4 is 5.32 Å². The Morgan fingerprint density at radius 2 is 1.30 bits per heavy atom. The first kappa shape index (κ1) is 17.2. The molecule has 122 valence electrons. The number of nitrogens with one attached hydrogen (secondary N) is 1. The van der Waals surface area contributed by atoms with Crippen LogP contribution in [0, 0.1) is 34.9 Å². The first-order valence-corrected chi connectivity index (χ1v) is 6.99. The molecule has 1 N–H and O–H groups in total. The van der Waals surface area contributed by atoms with Crippen LogP contribution in [0.3, 0.4) is 0 Å². The van der Waals surface area contributed by atoms with E-state index in [0.717, 1.165) is 23.9 Å². The first-order valence-electron chi connectivity index (χ1n) is 6.01. The van der Waals surface area contributed by atoms with E-state index in [2.05, 4.69) is 0 Å². The van der Waals surface area contributed by atoms with Gasteiger partial charge in [-0.3, -0.25) is 4.79 Å². The molecule has 0 bridgehead atoms. The quantitative estimate of drug-likeness (QED) is 0.386. The maximum atomic E-state index is 13.4. The Morgan fingerprint density at radius 1 is 0.826 bits per heavy atom. The topological polar surface area (TPSA) is 29.1 Å². The number of rotatable bonds is 4. The van der Waals surface area contributed by atoms with Crippen molar-refractivity contribution in [2.24, 2.45) is 0 Å². The van der Waals surface area contributed by atoms with Crippen LogP contribution >= 0.6 is 11.8 Å². The highest BCUT2D eigenvalue weighted by Crippen LogP contribution is 2.27. The van der Waals surface area contributed by atoms with Crippen LogP contribution in [-0.2, 0) is 4.79 Å². The van der Waals surface area contributed by atoms with E-state index in [4.69, 9.17) is 0 Å². The predicted octanol–water partition coefficient (Wildman–Crippen LogP) is 4.25. The lowest BCUT2D eigenvalue weighted by Gasteiger charge is -2.09. The van der Waals surface area contributed by atoms with E-state index in [1.54, 1.807) is 5.32 Å². The third kappa shape index (κ3) is 3.79. The van der Waals surface area contributed by atoms with Crippen molar-refractivity contribution < 1.29 is 31.1 Å². The van der Waals surface area contributed by atoms with E-state index in [-0.39, 0.29) is 5.75 Å². The number of carbonyl (C=O) groups is 1. The summed E-state index contributed by atoms with van der Waals surface area (Å²) in [6.07, 6.45) is 0. The lowest BCUT2D eigenvalue weighted by molar-refractivity contribution is -0.113. The molecule has 0 heterocycles.